The number of carbonyl (C=O) groups is 2. The number of aryl methyl sites for hydroxylation is 3. The van der Waals surface area contributed by atoms with Gasteiger partial charge in [0.25, 0.3) is 0 Å². The summed E-state index contributed by atoms with van der Waals surface area (Å²) in [5.41, 5.74) is 1.87. The van der Waals surface area contributed by atoms with Gasteiger partial charge in [0.15, 0.2) is 5.82 Å². The number of likely N-dealkylation sites (tertiary alicyclic amines) is 1. The molecular weight excluding hydrogens is 418 g/mol. The van der Waals surface area contributed by atoms with Crippen molar-refractivity contribution in [3.63, 3.8) is 0 Å². The molecule has 1 saturated heterocycles. The standard InChI is InChI=1S/C25H35N5O3/c1-19-17-22(28-29(19)2)27-23(31)18-30-14-11-25(12-15-30)10-6-5-8-20-7-3-4-9-21(20)33-16-13-26-24(25)32/h3-4,7,9,17H,5-6,8,10-16,18H2,1-2H3,(H,26,32)(H,27,28,31). The minimum atomic E-state index is -0.357. The van der Waals surface area contributed by atoms with Crippen molar-refractivity contribution in [3.05, 3.63) is 41.6 Å². The van der Waals surface area contributed by atoms with Gasteiger partial charge in [-0.3, -0.25) is 19.2 Å². The first-order valence-electron chi connectivity index (χ1n) is 12.0. The molecule has 4 rings (SSSR count). The quantitative estimate of drug-likeness (QED) is 0.746. The summed E-state index contributed by atoms with van der Waals surface area (Å²) in [6, 6.07) is 10.0. The number of hydrogen-bond acceptors (Lipinski definition) is 5. The summed E-state index contributed by atoms with van der Waals surface area (Å²) in [4.78, 5) is 27.8. The maximum atomic E-state index is 13.2. The van der Waals surface area contributed by atoms with Gasteiger partial charge in [0.1, 0.15) is 12.4 Å². The zero-order chi connectivity index (χ0) is 23.3. The van der Waals surface area contributed by atoms with Crippen LogP contribution in [0.3, 0.4) is 0 Å². The number of nitrogens with zero attached hydrogens (tertiary/aromatic N) is 3. The number of hydrogen-bond donors (Lipinski definition) is 2. The van der Waals surface area contributed by atoms with Gasteiger partial charge in [0.2, 0.25) is 11.8 Å². The lowest BCUT2D eigenvalue weighted by Gasteiger charge is -2.40. The average molecular weight is 454 g/mol. The minimum Gasteiger partial charge on any atom is -0.491 e. The van der Waals surface area contributed by atoms with Crippen molar-refractivity contribution in [1.82, 2.24) is 20.0 Å². The molecule has 2 aromatic rings. The number of anilines is 1. The van der Waals surface area contributed by atoms with Crippen molar-refractivity contribution < 1.29 is 14.3 Å². The predicted molar refractivity (Wildman–Crippen MR) is 127 cm³/mol. The Morgan fingerprint density at radius 1 is 1.21 bits per heavy atom. The van der Waals surface area contributed by atoms with Gasteiger partial charge in [-0.05, 0) is 63.7 Å². The average Bonchev–Trinajstić information content (AvgIpc) is 3.11. The van der Waals surface area contributed by atoms with Gasteiger partial charge in [0.05, 0.1) is 18.5 Å². The van der Waals surface area contributed by atoms with E-state index in [0.29, 0.717) is 25.5 Å². The van der Waals surface area contributed by atoms with Crippen LogP contribution in [0.15, 0.2) is 30.3 Å². The third-order valence-corrected chi connectivity index (χ3v) is 7.01. The molecule has 3 heterocycles. The topological polar surface area (TPSA) is 88.5 Å². The summed E-state index contributed by atoms with van der Waals surface area (Å²) in [6.07, 6.45) is 5.42. The Kier molecular flexibility index (Phi) is 7.33. The highest BCUT2D eigenvalue weighted by atomic mass is 16.5. The molecule has 33 heavy (non-hydrogen) atoms. The molecule has 0 bridgehead atoms. The summed E-state index contributed by atoms with van der Waals surface area (Å²) in [7, 11) is 1.86. The fourth-order valence-electron chi connectivity index (χ4n) is 4.88. The fourth-order valence-corrected chi connectivity index (χ4v) is 4.88. The Balaban J connectivity index is 1.32. The largest absolute Gasteiger partial charge is 0.491 e. The van der Waals surface area contributed by atoms with Crippen molar-refractivity contribution in [3.8, 4) is 5.75 Å². The Morgan fingerprint density at radius 3 is 2.76 bits per heavy atom. The molecule has 2 amide bonds. The number of rotatable bonds is 3. The van der Waals surface area contributed by atoms with Crippen LogP contribution in [0.4, 0.5) is 5.82 Å². The van der Waals surface area contributed by atoms with Gasteiger partial charge in [-0.1, -0.05) is 24.6 Å². The van der Waals surface area contributed by atoms with Crippen molar-refractivity contribution in [2.45, 2.75) is 45.4 Å². The van der Waals surface area contributed by atoms with Crippen molar-refractivity contribution >= 4 is 17.6 Å². The number of fused-ring (bicyclic) bond motifs is 1. The maximum absolute atomic E-state index is 13.2. The zero-order valence-corrected chi connectivity index (χ0v) is 19.7. The Bertz CT molecular complexity index is 959. The van der Waals surface area contributed by atoms with Crippen molar-refractivity contribution in [2.75, 3.05) is 38.1 Å². The Hall–Kier alpha value is -2.87. The van der Waals surface area contributed by atoms with Crippen LogP contribution in [-0.2, 0) is 23.1 Å². The van der Waals surface area contributed by atoms with Crippen LogP contribution in [0, 0.1) is 12.3 Å². The van der Waals surface area contributed by atoms with E-state index in [0.717, 1.165) is 63.1 Å². The second-order valence-corrected chi connectivity index (χ2v) is 9.32. The molecule has 1 spiro atoms. The lowest BCUT2D eigenvalue weighted by Crippen LogP contribution is -2.50. The number of piperidine rings is 1. The summed E-state index contributed by atoms with van der Waals surface area (Å²) in [5.74, 6) is 1.57. The van der Waals surface area contributed by atoms with Gasteiger partial charge in [-0.25, -0.2) is 0 Å². The molecule has 8 heteroatoms. The van der Waals surface area contributed by atoms with E-state index >= 15 is 0 Å². The highest BCUT2D eigenvalue weighted by Crippen LogP contribution is 2.37. The molecule has 0 atom stereocenters. The van der Waals surface area contributed by atoms with Gasteiger partial charge in [-0.15, -0.1) is 0 Å². The number of ether oxygens (including phenoxy) is 1. The maximum Gasteiger partial charge on any atom is 0.239 e. The van der Waals surface area contributed by atoms with E-state index in [9.17, 15) is 9.59 Å². The molecule has 2 aliphatic heterocycles. The van der Waals surface area contributed by atoms with Crippen LogP contribution >= 0.6 is 0 Å². The molecule has 1 aromatic carbocycles. The minimum absolute atomic E-state index is 0.0667. The van der Waals surface area contributed by atoms with E-state index in [1.54, 1.807) is 4.68 Å². The summed E-state index contributed by atoms with van der Waals surface area (Å²) < 4.78 is 7.67. The van der Waals surface area contributed by atoms with E-state index in [1.807, 2.05) is 32.2 Å². The number of benzene rings is 1. The van der Waals surface area contributed by atoms with Crippen LogP contribution in [-0.4, -0.2) is 59.3 Å². The molecule has 1 fully saturated rings. The second kappa shape index (κ2) is 10.4. The van der Waals surface area contributed by atoms with Crippen LogP contribution in [0.2, 0.25) is 0 Å². The van der Waals surface area contributed by atoms with E-state index in [-0.39, 0.29) is 17.2 Å². The molecule has 2 aliphatic rings. The van der Waals surface area contributed by atoms with E-state index in [4.69, 9.17) is 4.74 Å². The smallest absolute Gasteiger partial charge is 0.239 e. The summed E-state index contributed by atoms with van der Waals surface area (Å²) >= 11 is 0. The monoisotopic (exact) mass is 453 g/mol. The molecular formula is C25H35N5O3. The van der Waals surface area contributed by atoms with Gasteiger partial charge in [0, 0.05) is 18.8 Å². The molecule has 1 aromatic heterocycles. The van der Waals surface area contributed by atoms with Gasteiger partial charge >= 0.3 is 0 Å². The molecule has 2 N–H and O–H groups in total. The lowest BCUT2D eigenvalue weighted by molar-refractivity contribution is -0.135. The van der Waals surface area contributed by atoms with Crippen LogP contribution in [0.5, 0.6) is 5.75 Å². The molecule has 0 aliphatic carbocycles. The highest BCUT2D eigenvalue weighted by molar-refractivity contribution is 5.91. The SMILES string of the molecule is Cc1cc(NC(=O)CN2CCC3(CCCCc4ccccc4OCCNC3=O)CC2)nn1C. The number of aromatic nitrogens is 2. The molecule has 0 saturated carbocycles. The molecule has 0 unspecified atom stereocenters. The number of nitrogens with one attached hydrogen (secondary N) is 2. The van der Waals surface area contributed by atoms with Gasteiger partial charge in [-0.2, -0.15) is 5.10 Å². The van der Waals surface area contributed by atoms with Crippen LogP contribution in [0.25, 0.3) is 0 Å². The van der Waals surface area contributed by atoms with Crippen LogP contribution in [0.1, 0.15) is 43.4 Å². The molecule has 8 nitrogen and oxygen atoms in total. The van der Waals surface area contributed by atoms with E-state index < -0.39 is 0 Å². The van der Waals surface area contributed by atoms with Crippen LogP contribution < -0.4 is 15.4 Å². The fraction of sp³-hybridized carbons (Fsp3) is 0.560. The third kappa shape index (κ3) is 5.74. The first-order valence-corrected chi connectivity index (χ1v) is 12.0. The highest BCUT2D eigenvalue weighted by Gasteiger charge is 2.41. The second-order valence-electron chi connectivity index (χ2n) is 9.32. The van der Waals surface area contributed by atoms with Crippen molar-refractivity contribution in [2.24, 2.45) is 12.5 Å². The number of para-hydroxylation sites is 1. The first-order chi connectivity index (χ1) is 15.9. The van der Waals surface area contributed by atoms with E-state index in [2.05, 4.69) is 32.8 Å². The normalized spacial score (nSPS) is 19.5. The summed E-state index contributed by atoms with van der Waals surface area (Å²) in [5, 5.41) is 10.3. The predicted octanol–water partition coefficient (Wildman–Crippen LogP) is 2.67. The number of amides is 2. The Labute approximate surface area is 195 Å². The number of carbonyl (C=O) groups excluding carboxylic acids is 2. The molecule has 178 valence electrons. The van der Waals surface area contributed by atoms with Gasteiger partial charge < -0.3 is 15.4 Å². The Morgan fingerprint density at radius 2 is 2.00 bits per heavy atom. The zero-order valence-electron chi connectivity index (χ0n) is 19.7. The van der Waals surface area contributed by atoms with Crippen molar-refractivity contribution in [1.29, 1.82) is 0 Å². The van der Waals surface area contributed by atoms with E-state index in [1.165, 1.54) is 5.56 Å². The molecule has 0 radical (unpaired) electrons. The first kappa shape index (κ1) is 23.3. The lowest BCUT2D eigenvalue weighted by atomic mass is 9.73. The summed E-state index contributed by atoms with van der Waals surface area (Å²) in [6.45, 7) is 4.72. The third-order valence-electron chi connectivity index (χ3n) is 7.01.